The molecule has 1 aromatic carbocycles. The van der Waals surface area contributed by atoms with Gasteiger partial charge in [-0.25, -0.2) is 0 Å². The van der Waals surface area contributed by atoms with Crippen LogP contribution in [0.15, 0.2) is 24.3 Å². The molecule has 0 radical (unpaired) electrons. The fourth-order valence-electron chi connectivity index (χ4n) is 1.83. The lowest BCUT2D eigenvalue weighted by Crippen LogP contribution is -2.30. The van der Waals surface area contributed by atoms with Gasteiger partial charge in [-0.15, -0.1) is 0 Å². The number of anilines is 1. The number of benzene rings is 1. The summed E-state index contributed by atoms with van der Waals surface area (Å²) >= 11 is 0. The minimum absolute atomic E-state index is 0.106. The molecule has 0 aliphatic heterocycles. The second kappa shape index (κ2) is 7.71. The quantitative estimate of drug-likeness (QED) is 0.770. The summed E-state index contributed by atoms with van der Waals surface area (Å²) in [5.41, 5.74) is 7.84. The van der Waals surface area contributed by atoms with Crippen LogP contribution in [0.2, 0.25) is 0 Å². The first-order valence-electron chi connectivity index (χ1n) is 6.51. The maximum Gasteiger partial charge on any atom is 0.221 e. The van der Waals surface area contributed by atoms with Crippen molar-refractivity contribution in [1.29, 1.82) is 0 Å². The van der Waals surface area contributed by atoms with Crippen LogP contribution >= 0.6 is 0 Å². The van der Waals surface area contributed by atoms with Gasteiger partial charge in [0.05, 0.1) is 0 Å². The van der Waals surface area contributed by atoms with E-state index in [0.717, 1.165) is 24.3 Å². The molecular formula is C14H23N3O. The molecule has 0 saturated heterocycles. The second-order valence-corrected chi connectivity index (χ2v) is 4.15. The largest absolute Gasteiger partial charge is 0.371 e. The van der Waals surface area contributed by atoms with E-state index in [1.807, 2.05) is 19.1 Å². The first-order chi connectivity index (χ1) is 8.71. The first-order valence-corrected chi connectivity index (χ1v) is 6.51. The number of nitrogens with one attached hydrogen (secondary N) is 1. The minimum Gasteiger partial charge on any atom is -0.371 e. The zero-order valence-electron chi connectivity index (χ0n) is 11.3. The number of carbonyl (C=O) groups excluding carboxylic acids is 1. The Bertz CT molecular complexity index is 362. The highest BCUT2D eigenvalue weighted by Crippen LogP contribution is 2.15. The Hall–Kier alpha value is -1.55. The predicted octanol–water partition coefficient (Wildman–Crippen LogP) is 1.50. The molecule has 0 aliphatic carbocycles. The van der Waals surface area contributed by atoms with Gasteiger partial charge in [0.1, 0.15) is 0 Å². The van der Waals surface area contributed by atoms with Crippen LogP contribution in [0.5, 0.6) is 0 Å². The van der Waals surface area contributed by atoms with E-state index in [2.05, 4.69) is 29.3 Å². The number of hydrogen-bond donors (Lipinski definition) is 2. The van der Waals surface area contributed by atoms with Crippen molar-refractivity contribution in [1.82, 2.24) is 5.32 Å². The first kappa shape index (κ1) is 14.5. The molecule has 0 heterocycles. The molecule has 100 valence electrons. The summed E-state index contributed by atoms with van der Waals surface area (Å²) in [4.78, 5) is 13.6. The van der Waals surface area contributed by atoms with Gasteiger partial charge in [-0.05, 0) is 31.5 Å². The number of carbonyl (C=O) groups is 1. The van der Waals surface area contributed by atoms with E-state index >= 15 is 0 Å². The Morgan fingerprint density at radius 2 is 1.94 bits per heavy atom. The fourth-order valence-corrected chi connectivity index (χ4v) is 1.83. The van der Waals surface area contributed by atoms with Crippen molar-refractivity contribution in [2.45, 2.75) is 26.8 Å². The van der Waals surface area contributed by atoms with Crippen LogP contribution in [-0.2, 0) is 11.3 Å². The van der Waals surface area contributed by atoms with Gasteiger partial charge in [-0.1, -0.05) is 12.1 Å². The van der Waals surface area contributed by atoms with Gasteiger partial charge in [0, 0.05) is 38.3 Å². The average molecular weight is 249 g/mol. The number of nitrogens with two attached hydrogens (primary N) is 1. The second-order valence-electron chi connectivity index (χ2n) is 4.15. The molecule has 1 aromatic rings. The number of amides is 1. The predicted molar refractivity (Wildman–Crippen MR) is 75.5 cm³/mol. The Balaban J connectivity index is 2.56. The SMILES string of the molecule is CCNC(=O)CCN(CC)c1ccc(CN)cc1. The third-order valence-corrected chi connectivity index (χ3v) is 2.90. The number of rotatable bonds is 7. The monoisotopic (exact) mass is 249 g/mol. The summed E-state index contributed by atoms with van der Waals surface area (Å²) in [6.45, 7) is 6.91. The molecule has 0 spiro atoms. The normalized spacial score (nSPS) is 10.2. The summed E-state index contributed by atoms with van der Waals surface area (Å²) in [7, 11) is 0. The smallest absolute Gasteiger partial charge is 0.221 e. The van der Waals surface area contributed by atoms with Crippen LogP contribution < -0.4 is 16.0 Å². The molecule has 4 heteroatoms. The van der Waals surface area contributed by atoms with Gasteiger partial charge in [-0.3, -0.25) is 4.79 Å². The fraction of sp³-hybridized carbons (Fsp3) is 0.500. The van der Waals surface area contributed by atoms with Crippen molar-refractivity contribution in [3.05, 3.63) is 29.8 Å². The molecule has 0 saturated carbocycles. The van der Waals surface area contributed by atoms with Crippen molar-refractivity contribution < 1.29 is 4.79 Å². The standard InChI is InChI=1S/C14H23N3O/c1-3-16-14(18)9-10-17(4-2)13-7-5-12(11-15)6-8-13/h5-8H,3-4,9-11,15H2,1-2H3,(H,16,18). The molecule has 0 fully saturated rings. The van der Waals surface area contributed by atoms with Crippen LogP contribution in [0.1, 0.15) is 25.8 Å². The van der Waals surface area contributed by atoms with E-state index < -0.39 is 0 Å². The highest BCUT2D eigenvalue weighted by molar-refractivity contribution is 5.76. The van der Waals surface area contributed by atoms with Crippen LogP contribution in [0.4, 0.5) is 5.69 Å². The average Bonchev–Trinajstić information content (AvgIpc) is 2.40. The van der Waals surface area contributed by atoms with Gasteiger partial charge < -0.3 is 16.0 Å². The molecule has 0 aromatic heterocycles. The summed E-state index contributed by atoms with van der Waals surface area (Å²) in [5, 5.41) is 2.81. The van der Waals surface area contributed by atoms with E-state index in [1.165, 1.54) is 0 Å². The topological polar surface area (TPSA) is 58.4 Å². The molecular weight excluding hydrogens is 226 g/mol. The lowest BCUT2D eigenvalue weighted by molar-refractivity contribution is -0.120. The van der Waals surface area contributed by atoms with Crippen molar-refractivity contribution >= 4 is 11.6 Å². The van der Waals surface area contributed by atoms with Gasteiger partial charge in [0.25, 0.3) is 0 Å². The maximum absolute atomic E-state index is 11.4. The van der Waals surface area contributed by atoms with Gasteiger partial charge in [0.15, 0.2) is 0 Å². The highest BCUT2D eigenvalue weighted by atomic mass is 16.1. The van der Waals surface area contributed by atoms with Crippen molar-refractivity contribution in [3.8, 4) is 0 Å². The summed E-state index contributed by atoms with van der Waals surface area (Å²) in [5.74, 6) is 0.106. The lowest BCUT2D eigenvalue weighted by Gasteiger charge is -2.23. The summed E-state index contributed by atoms with van der Waals surface area (Å²) in [6.07, 6.45) is 0.528. The van der Waals surface area contributed by atoms with E-state index in [1.54, 1.807) is 0 Å². The third kappa shape index (κ3) is 4.37. The third-order valence-electron chi connectivity index (χ3n) is 2.90. The van der Waals surface area contributed by atoms with Gasteiger partial charge in [-0.2, -0.15) is 0 Å². The Kier molecular flexibility index (Phi) is 6.22. The zero-order chi connectivity index (χ0) is 13.4. The van der Waals surface area contributed by atoms with Crippen LogP contribution in [0.25, 0.3) is 0 Å². The molecule has 18 heavy (non-hydrogen) atoms. The molecule has 0 aliphatic rings. The molecule has 1 amide bonds. The maximum atomic E-state index is 11.4. The molecule has 0 bridgehead atoms. The molecule has 4 nitrogen and oxygen atoms in total. The number of hydrogen-bond acceptors (Lipinski definition) is 3. The Labute approximate surface area is 109 Å². The van der Waals surface area contributed by atoms with Crippen LogP contribution in [0, 0.1) is 0 Å². The lowest BCUT2D eigenvalue weighted by atomic mass is 10.2. The number of nitrogens with zero attached hydrogens (tertiary/aromatic N) is 1. The van der Waals surface area contributed by atoms with Crippen molar-refractivity contribution in [3.63, 3.8) is 0 Å². The molecule has 0 atom stereocenters. The van der Waals surface area contributed by atoms with Crippen LogP contribution in [0.3, 0.4) is 0 Å². The van der Waals surface area contributed by atoms with Crippen molar-refractivity contribution in [2.24, 2.45) is 5.73 Å². The van der Waals surface area contributed by atoms with E-state index in [0.29, 0.717) is 19.5 Å². The summed E-state index contributed by atoms with van der Waals surface area (Å²) in [6, 6.07) is 8.18. The van der Waals surface area contributed by atoms with E-state index in [-0.39, 0.29) is 5.91 Å². The highest BCUT2D eigenvalue weighted by Gasteiger charge is 2.07. The minimum atomic E-state index is 0.106. The van der Waals surface area contributed by atoms with E-state index in [4.69, 9.17) is 5.73 Å². The van der Waals surface area contributed by atoms with Gasteiger partial charge >= 0.3 is 0 Å². The Morgan fingerprint density at radius 3 is 2.44 bits per heavy atom. The molecule has 0 unspecified atom stereocenters. The Morgan fingerprint density at radius 1 is 1.28 bits per heavy atom. The van der Waals surface area contributed by atoms with Gasteiger partial charge in [0.2, 0.25) is 5.91 Å². The van der Waals surface area contributed by atoms with Crippen molar-refractivity contribution in [2.75, 3.05) is 24.5 Å². The zero-order valence-corrected chi connectivity index (χ0v) is 11.3. The molecule has 3 N–H and O–H groups in total. The molecule has 1 rings (SSSR count). The van der Waals surface area contributed by atoms with E-state index in [9.17, 15) is 4.79 Å². The van der Waals surface area contributed by atoms with Crippen LogP contribution in [-0.4, -0.2) is 25.5 Å². The summed E-state index contributed by atoms with van der Waals surface area (Å²) < 4.78 is 0.